The van der Waals surface area contributed by atoms with E-state index < -0.39 is 5.82 Å². The van der Waals surface area contributed by atoms with Gasteiger partial charge in [-0.15, -0.1) is 5.10 Å². The molecule has 4 heterocycles. The molecule has 0 unspecified atom stereocenters. The molecule has 2 aliphatic heterocycles. The minimum Gasteiger partial charge on any atom is -0.363 e. The van der Waals surface area contributed by atoms with Gasteiger partial charge >= 0.3 is 0 Å². The maximum atomic E-state index is 14.1. The predicted octanol–water partition coefficient (Wildman–Crippen LogP) is 4.25. The Morgan fingerprint density at radius 2 is 2.13 bits per heavy atom. The van der Waals surface area contributed by atoms with Gasteiger partial charge in [0.05, 0.1) is 22.4 Å². The number of rotatable bonds is 5. The van der Waals surface area contributed by atoms with Crippen LogP contribution in [0.4, 0.5) is 10.1 Å². The molecule has 5 rings (SSSR count). The monoisotopic (exact) mass is 462 g/mol. The number of benzene rings is 1. The Balaban J connectivity index is 1.47. The Hall–Kier alpha value is -2.29. The van der Waals surface area contributed by atoms with Crippen LogP contribution in [0.2, 0.25) is 10.0 Å². The molecule has 0 radical (unpaired) electrons. The average molecular weight is 463 g/mol. The molecule has 1 fully saturated rings. The van der Waals surface area contributed by atoms with Gasteiger partial charge in [0, 0.05) is 23.6 Å². The van der Waals surface area contributed by atoms with E-state index in [2.05, 4.69) is 30.6 Å². The smallest absolute Gasteiger partial charge is 0.227 e. The van der Waals surface area contributed by atoms with Gasteiger partial charge in [-0.2, -0.15) is 10.1 Å². The van der Waals surface area contributed by atoms with Crippen LogP contribution in [0.25, 0.3) is 11.5 Å². The molecule has 3 aromatic rings. The summed E-state index contributed by atoms with van der Waals surface area (Å²) in [5.41, 5.74) is 2.87. The molecular weight excluding hydrogens is 442 g/mol. The van der Waals surface area contributed by atoms with Crippen molar-refractivity contribution in [1.29, 1.82) is 0 Å². The van der Waals surface area contributed by atoms with E-state index in [0.29, 0.717) is 33.9 Å². The summed E-state index contributed by atoms with van der Waals surface area (Å²) >= 11 is 12.7. The zero-order valence-electron chi connectivity index (χ0n) is 16.9. The van der Waals surface area contributed by atoms with Gasteiger partial charge < -0.3 is 14.7 Å². The molecule has 10 heteroatoms. The first-order chi connectivity index (χ1) is 15.0. The lowest BCUT2D eigenvalue weighted by Crippen LogP contribution is -2.43. The molecule has 0 saturated carbocycles. The molecular formula is C21H21Cl2FN6O. The Bertz CT molecular complexity index is 1120. The molecule has 0 aliphatic carbocycles. The summed E-state index contributed by atoms with van der Waals surface area (Å²) in [4.78, 5) is 6.63. The standard InChI is InChI=1S/C21H21Cl2FN6O/c1-11(19-13(22)4-5-14(24)20(19)23)30-6-2-3-15-17(30)8-16(28-27-15)21-26-18(31-29-21)7-12-9-25-10-12/h4-5,8,11-12,25H,2-3,6-7,9-10H2,1H3/t11-/m1/s1. The average Bonchev–Trinajstić information content (AvgIpc) is 3.21. The third-order valence-electron chi connectivity index (χ3n) is 5.96. The molecule has 31 heavy (non-hydrogen) atoms. The van der Waals surface area contributed by atoms with E-state index in [1.807, 2.05) is 13.0 Å². The summed E-state index contributed by atoms with van der Waals surface area (Å²) in [5.74, 6) is 1.06. The van der Waals surface area contributed by atoms with Crippen molar-refractivity contribution in [3.05, 3.63) is 51.2 Å². The third kappa shape index (κ3) is 3.88. The van der Waals surface area contributed by atoms with Gasteiger partial charge in [-0.3, -0.25) is 0 Å². The number of nitrogens with zero attached hydrogens (tertiary/aromatic N) is 5. The van der Waals surface area contributed by atoms with Crippen LogP contribution in [0, 0.1) is 11.7 Å². The van der Waals surface area contributed by atoms with E-state index in [1.165, 1.54) is 12.1 Å². The molecule has 1 saturated heterocycles. The van der Waals surface area contributed by atoms with Gasteiger partial charge in [-0.1, -0.05) is 28.4 Å². The Morgan fingerprint density at radius 3 is 2.90 bits per heavy atom. The highest BCUT2D eigenvalue weighted by atomic mass is 35.5. The Labute approximate surface area is 188 Å². The minimum absolute atomic E-state index is 0.0441. The maximum absolute atomic E-state index is 14.1. The fraction of sp³-hybridized carbons (Fsp3) is 0.429. The topological polar surface area (TPSA) is 80.0 Å². The summed E-state index contributed by atoms with van der Waals surface area (Å²) < 4.78 is 19.5. The second kappa shape index (κ2) is 8.33. The van der Waals surface area contributed by atoms with Crippen molar-refractivity contribution in [3.63, 3.8) is 0 Å². The number of nitrogens with one attached hydrogen (secondary N) is 1. The van der Waals surface area contributed by atoms with Crippen molar-refractivity contribution in [2.45, 2.75) is 32.2 Å². The molecule has 0 bridgehead atoms. The van der Waals surface area contributed by atoms with Gasteiger partial charge in [-0.05, 0) is 57.0 Å². The first kappa shape index (κ1) is 20.6. The highest BCUT2D eigenvalue weighted by molar-refractivity contribution is 6.36. The van der Waals surface area contributed by atoms with Crippen molar-refractivity contribution < 1.29 is 8.91 Å². The molecule has 162 valence electrons. The zero-order chi connectivity index (χ0) is 21.5. The van der Waals surface area contributed by atoms with Crippen LogP contribution in [0.5, 0.6) is 0 Å². The van der Waals surface area contributed by atoms with Crippen LogP contribution in [0.1, 0.15) is 36.5 Å². The quantitative estimate of drug-likeness (QED) is 0.567. The van der Waals surface area contributed by atoms with Crippen molar-refractivity contribution in [2.75, 3.05) is 24.5 Å². The van der Waals surface area contributed by atoms with Crippen LogP contribution in [-0.4, -0.2) is 40.0 Å². The fourth-order valence-corrected chi connectivity index (χ4v) is 4.83. The lowest BCUT2D eigenvalue weighted by Gasteiger charge is -2.36. The molecule has 2 aromatic heterocycles. The van der Waals surface area contributed by atoms with Crippen molar-refractivity contribution in [3.8, 4) is 11.5 Å². The van der Waals surface area contributed by atoms with E-state index in [1.54, 1.807) is 0 Å². The van der Waals surface area contributed by atoms with Crippen molar-refractivity contribution in [2.24, 2.45) is 5.92 Å². The summed E-state index contributed by atoms with van der Waals surface area (Å²) in [5, 5.41) is 16.5. The second-order valence-corrected chi connectivity index (χ2v) is 8.82. The number of hydrogen-bond acceptors (Lipinski definition) is 7. The third-order valence-corrected chi connectivity index (χ3v) is 6.67. The van der Waals surface area contributed by atoms with Gasteiger partial charge in [0.15, 0.2) is 0 Å². The number of halogens is 3. The van der Waals surface area contributed by atoms with Gasteiger partial charge in [0.25, 0.3) is 0 Å². The van der Waals surface area contributed by atoms with Crippen LogP contribution < -0.4 is 10.2 Å². The van der Waals surface area contributed by atoms with Crippen LogP contribution in [0.15, 0.2) is 22.7 Å². The summed E-state index contributed by atoms with van der Waals surface area (Å²) in [7, 11) is 0. The number of aryl methyl sites for hydroxylation is 1. The van der Waals surface area contributed by atoms with Crippen molar-refractivity contribution >= 4 is 28.9 Å². The summed E-state index contributed by atoms with van der Waals surface area (Å²) in [6.07, 6.45) is 2.46. The normalized spacial score (nSPS) is 17.4. The highest BCUT2D eigenvalue weighted by Crippen LogP contribution is 2.40. The van der Waals surface area contributed by atoms with E-state index in [-0.39, 0.29) is 11.1 Å². The van der Waals surface area contributed by atoms with Crippen LogP contribution in [-0.2, 0) is 12.8 Å². The molecule has 2 aliphatic rings. The van der Waals surface area contributed by atoms with Gasteiger partial charge in [0.2, 0.25) is 11.7 Å². The van der Waals surface area contributed by atoms with Gasteiger partial charge in [-0.25, -0.2) is 4.39 Å². The summed E-state index contributed by atoms with van der Waals surface area (Å²) in [6.45, 7) is 4.65. The van der Waals surface area contributed by atoms with Crippen molar-refractivity contribution in [1.82, 2.24) is 25.7 Å². The SMILES string of the molecule is C[C@H](c1c(Cl)ccc(F)c1Cl)N1CCCc2nnc(-c3noc(CC4CNC4)n3)cc21. The van der Waals surface area contributed by atoms with E-state index in [0.717, 1.165) is 50.3 Å². The molecule has 1 aromatic carbocycles. The zero-order valence-corrected chi connectivity index (χ0v) is 18.4. The Morgan fingerprint density at radius 1 is 1.29 bits per heavy atom. The number of aromatic nitrogens is 4. The second-order valence-electron chi connectivity index (χ2n) is 8.03. The first-order valence-electron chi connectivity index (χ1n) is 10.3. The van der Waals surface area contributed by atoms with Gasteiger partial charge in [0.1, 0.15) is 11.5 Å². The lowest BCUT2D eigenvalue weighted by molar-refractivity contribution is 0.296. The molecule has 1 N–H and O–H groups in total. The molecule has 0 amide bonds. The molecule has 0 spiro atoms. The maximum Gasteiger partial charge on any atom is 0.227 e. The molecule has 1 atom stereocenters. The van der Waals surface area contributed by atoms with E-state index in [4.69, 9.17) is 27.7 Å². The number of fused-ring (bicyclic) bond motifs is 1. The minimum atomic E-state index is -0.486. The summed E-state index contributed by atoms with van der Waals surface area (Å²) in [6, 6.07) is 4.48. The van der Waals surface area contributed by atoms with Crippen LogP contribution in [0.3, 0.4) is 0 Å². The highest BCUT2D eigenvalue weighted by Gasteiger charge is 2.29. The number of hydrogen-bond donors (Lipinski definition) is 1. The van der Waals surface area contributed by atoms with Crippen LogP contribution >= 0.6 is 23.2 Å². The van der Waals surface area contributed by atoms with E-state index in [9.17, 15) is 4.39 Å². The fourth-order valence-electron chi connectivity index (χ4n) is 4.15. The molecule has 7 nitrogen and oxygen atoms in total. The lowest BCUT2D eigenvalue weighted by atomic mass is 10.00. The predicted molar refractivity (Wildman–Crippen MR) is 116 cm³/mol. The largest absolute Gasteiger partial charge is 0.363 e. The Kier molecular flexibility index (Phi) is 5.54. The first-order valence-corrected chi connectivity index (χ1v) is 11.1. The number of anilines is 1. The van der Waals surface area contributed by atoms with E-state index >= 15 is 0 Å².